The van der Waals surface area contributed by atoms with Gasteiger partial charge in [-0.2, -0.15) is 0 Å². The molecule has 0 unspecified atom stereocenters. The zero-order valence-corrected chi connectivity index (χ0v) is 32.0. The Morgan fingerprint density at radius 3 is 1.83 bits per heavy atom. The van der Waals surface area contributed by atoms with Crippen molar-refractivity contribution in [2.75, 3.05) is 14.2 Å². The number of nitrogens with one attached hydrogen (secondary N) is 2. The molecule has 2 N–H and O–H groups in total. The minimum absolute atomic E-state index is 0.177. The largest absolute Gasteiger partial charge is 0.469 e. The van der Waals surface area contributed by atoms with Crippen molar-refractivity contribution in [2.45, 2.75) is 105 Å². The highest BCUT2D eigenvalue weighted by atomic mass is 16.5. The van der Waals surface area contributed by atoms with Crippen molar-refractivity contribution in [3.05, 3.63) is 93.6 Å². The summed E-state index contributed by atoms with van der Waals surface area (Å²) in [5.74, 6) is -0.356. The van der Waals surface area contributed by atoms with Gasteiger partial charge in [0.15, 0.2) is 0 Å². The first-order valence-corrected chi connectivity index (χ1v) is 18.5. The van der Waals surface area contributed by atoms with E-state index in [2.05, 4.69) is 100 Å². The van der Waals surface area contributed by atoms with Crippen molar-refractivity contribution in [2.24, 2.45) is 0 Å². The van der Waals surface area contributed by atoms with Gasteiger partial charge in [0.05, 0.1) is 31.3 Å². The first-order valence-electron chi connectivity index (χ1n) is 18.5. The number of unbranched alkanes of at least 4 members (excludes halogenated alkanes) is 2. The Labute approximate surface area is 307 Å². The van der Waals surface area contributed by atoms with Gasteiger partial charge in [0.2, 0.25) is 0 Å². The second-order valence-electron chi connectivity index (χ2n) is 15.0. The van der Waals surface area contributed by atoms with Gasteiger partial charge in [-0.15, -0.1) is 0 Å². The van der Waals surface area contributed by atoms with E-state index in [1.165, 1.54) is 36.5 Å². The van der Waals surface area contributed by atoms with E-state index in [1.54, 1.807) is 0 Å². The van der Waals surface area contributed by atoms with Crippen LogP contribution in [0.25, 0.3) is 44.3 Å². The summed E-state index contributed by atoms with van der Waals surface area (Å²) in [7, 11) is 2.88. The number of carbonyl (C=O) groups is 2. The Hall–Kier alpha value is -4.98. The SMILES string of the molecule is COC(=O)CCCCc1c(C)c2cc3nc(c(-c4ccccc4)c4nc(cc5[nH]c(cc1[nH]2)c(CCCCC(=O)OC)c5C)C(C)(C)C4)C(C)=C3C. The quantitative estimate of drug-likeness (QED) is 0.119. The molecule has 8 heteroatoms. The second-order valence-corrected chi connectivity index (χ2v) is 15.0. The predicted molar refractivity (Wildman–Crippen MR) is 210 cm³/mol. The molecule has 5 heterocycles. The molecule has 0 saturated carbocycles. The third kappa shape index (κ3) is 7.48. The number of esters is 2. The number of hydrogen-bond donors (Lipinski definition) is 2. The van der Waals surface area contributed by atoms with E-state index in [-0.39, 0.29) is 17.4 Å². The summed E-state index contributed by atoms with van der Waals surface area (Å²) in [6.45, 7) is 13.2. The van der Waals surface area contributed by atoms with Crippen molar-refractivity contribution in [1.82, 2.24) is 19.9 Å². The molecule has 8 nitrogen and oxygen atoms in total. The first-order chi connectivity index (χ1) is 24.9. The normalized spacial score (nSPS) is 13.8. The van der Waals surface area contributed by atoms with Crippen molar-refractivity contribution in [3.8, 4) is 11.1 Å². The highest BCUT2D eigenvalue weighted by Gasteiger charge is 2.32. The minimum Gasteiger partial charge on any atom is -0.469 e. The Morgan fingerprint density at radius 2 is 1.27 bits per heavy atom. The lowest BCUT2D eigenvalue weighted by molar-refractivity contribution is -0.141. The Morgan fingerprint density at radius 1 is 0.712 bits per heavy atom. The lowest BCUT2D eigenvalue weighted by Crippen LogP contribution is -2.15. The van der Waals surface area contributed by atoms with Crippen LogP contribution in [0.15, 0.2) is 48.5 Å². The molecule has 2 aliphatic rings. The molecule has 0 atom stereocenters. The Kier molecular flexibility index (Phi) is 10.8. The monoisotopic (exact) mass is 700 g/mol. The molecule has 3 aromatic heterocycles. The molecular formula is C44H52N4O4. The van der Waals surface area contributed by atoms with Gasteiger partial charge in [-0.3, -0.25) is 14.6 Å². The smallest absolute Gasteiger partial charge is 0.305 e. The van der Waals surface area contributed by atoms with Crippen LogP contribution in [0.1, 0.15) is 111 Å². The topological polar surface area (TPSA) is 110 Å². The van der Waals surface area contributed by atoms with Gasteiger partial charge in [-0.1, -0.05) is 44.2 Å². The summed E-state index contributed by atoms with van der Waals surface area (Å²) in [4.78, 5) is 42.2. The zero-order chi connectivity index (χ0) is 37.2. The molecule has 0 radical (unpaired) electrons. The molecule has 0 fully saturated rings. The third-order valence-electron chi connectivity index (χ3n) is 11.0. The summed E-state index contributed by atoms with van der Waals surface area (Å²) >= 11 is 0. The van der Waals surface area contributed by atoms with Gasteiger partial charge >= 0.3 is 11.9 Å². The van der Waals surface area contributed by atoms with Gasteiger partial charge in [-0.05, 0) is 123 Å². The lowest BCUT2D eigenvalue weighted by Gasteiger charge is -2.17. The van der Waals surface area contributed by atoms with E-state index in [0.29, 0.717) is 12.8 Å². The van der Waals surface area contributed by atoms with Crippen LogP contribution in [0.3, 0.4) is 0 Å². The van der Waals surface area contributed by atoms with Crippen LogP contribution in [0, 0.1) is 13.8 Å². The van der Waals surface area contributed by atoms with Crippen molar-refractivity contribution in [1.29, 1.82) is 0 Å². The maximum atomic E-state index is 11.9. The minimum atomic E-state index is -0.196. The third-order valence-corrected chi connectivity index (χ3v) is 11.0. The molecule has 0 saturated heterocycles. The molecule has 2 aliphatic heterocycles. The number of rotatable bonds is 11. The van der Waals surface area contributed by atoms with Gasteiger partial charge in [-0.25, -0.2) is 4.98 Å². The standard InChI is InChI=1S/C44H52N4O4/c1-26-27(2)43-42(30-16-10-9-11-17-30)38-25-44(5,6)39(47-38)24-35-29(4)32(19-13-15-21-41(50)52-8)37(46-35)23-36-31(18-12-14-20-40(49)51-7)28(3)34(45-36)22-33(26)48-43/h9-11,16-17,22-24,45-46H,12-15,18-21,25H2,1-8H3. The van der Waals surface area contributed by atoms with E-state index in [0.717, 1.165) is 112 Å². The van der Waals surface area contributed by atoms with Crippen LogP contribution >= 0.6 is 0 Å². The molecule has 6 rings (SSSR count). The van der Waals surface area contributed by atoms with Crippen LogP contribution in [0.2, 0.25) is 0 Å². The molecule has 0 amide bonds. The predicted octanol–water partition coefficient (Wildman–Crippen LogP) is 9.84. The van der Waals surface area contributed by atoms with E-state index in [1.807, 2.05) is 0 Å². The highest BCUT2D eigenvalue weighted by Crippen LogP contribution is 2.41. The maximum absolute atomic E-state index is 11.9. The summed E-state index contributed by atoms with van der Waals surface area (Å²) in [5, 5.41) is 0. The number of benzene rings is 1. The zero-order valence-electron chi connectivity index (χ0n) is 32.0. The number of fused-ring (bicyclic) bond motifs is 8. The molecular weight excluding hydrogens is 649 g/mol. The summed E-state index contributed by atoms with van der Waals surface area (Å²) in [6, 6.07) is 17.2. The molecule has 272 valence electrons. The molecule has 0 spiro atoms. The van der Waals surface area contributed by atoms with Crippen LogP contribution < -0.4 is 0 Å². The van der Waals surface area contributed by atoms with Crippen molar-refractivity contribution >= 4 is 45.2 Å². The molecule has 1 aromatic carbocycles. The van der Waals surface area contributed by atoms with Crippen LogP contribution in [0.5, 0.6) is 0 Å². The number of aromatic amines is 2. The van der Waals surface area contributed by atoms with E-state index in [9.17, 15) is 9.59 Å². The van der Waals surface area contributed by atoms with Crippen molar-refractivity contribution < 1.29 is 19.1 Å². The van der Waals surface area contributed by atoms with E-state index < -0.39 is 0 Å². The van der Waals surface area contributed by atoms with Gasteiger partial charge in [0, 0.05) is 58.0 Å². The summed E-state index contributed by atoms with van der Waals surface area (Å²) < 4.78 is 9.80. The number of aryl methyl sites for hydroxylation is 4. The number of hydrogen-bond acceptors (Lipinski definition) is 6. The number of H-pyrrole nitrogens is 2. The fraction of sp³-hybridized carbons (Fsp3) is 0.409. The van der Waals surface area contributed by atoms with Crippen LogP contribution in [-0.2, 0) is 43.7 Å². The maximum Gasteiger partial charge on any atom is 0.305 e. The number of carbonyl (C=O) groups excluding carboxylic acids is 2. The lowest BCUT2D eigenvalue weighted by atomic mass is 9.85. The fourth-order valence-electron chi connectivity index (χ4n) is 7.61. The highest BCUT2D eigenvalue weighted by molar-refractivity contribution is 5.96. The molecule has 0 aliphatic carbocycles. The average Bonchev–Trinajstić information content (AvgIpc) is 3.78. The number of nitrogens with zero attached hydrogens (tertiary/aromatic N) is 2. The summed E-state index contributed by atoms with van der Waals surface area (Å²) in [6.07, 6.45) is 6.47. The van der Waals surface area contributed by atoms with Crippen molar-refractivity contribution in [3.63, 3.8) is 0 Å². The average molecular weight is 701 g/mol. The number of aromatic nitrogens is 4. The number of ether oxygens (including phenoxy) is 2. The van der Waals surface area contributed by atoms with Gasteiger partial charge in [0.1, 0.15) is 0 Å². The fourth-order valence-corrected chi connectivity index (χ4v) is 7.61. The van der Waals surface area contributed by atoms with Gasteiger partial charge in [0.25, 0.3) is 0 Å². The number of allylic oxidation sites excluding steroid dienone is 2. The molecule has 8 bridgehead atoms. The van der Waals surface area contributed by atoms with Crippen LogP contribution in [-0.4, -0.2) is 46.1 Å². The van der Waals surface area contributed by atoms with Crippen LogP contribution in [0.4, 0.5) is 0 Å². The first kappa shape index (κ1) is 36.8. The Bertz CT molecular complexity index is 2200. The van der Waals surface area contributed by atoms with E-state index in [4.69, 9.17) is 19.4 Å². The van der Waals surface area contributed by atoms with E-state index >= 15 is 0 Å². The number of methoxy groups -OCH3 is 2. The Balaban J connectivity index is 1.65. The van der Waals surface area contributed by atoms with Gasteiger partial charge < -0.3 is 19.4 Å². The summed E-state index contributed by atoms with van der Waals surface area (Å²) in [5.41, 5.74) is 17.3. The molecule has 52 heavy (non-hydrogen) atoms. The molecule has 4 aromatic rings. The second kappa shape index (κ2) is 15.3.